The summed E-state index contributed by atoms with van der Waals surface area (Å²) >= 11 is 0. The first-order chi connectivity index (χ1) is 12.8. The Balaban J connectivity index is 1.27. The van der Waals surface area contributed by atoms with E-state index in [4.69, 9.17) is 4.42 Å². The van der Waals surface area contributed by atoms with Crippen molar-refractivity contribution in [1.29, 1.82) is 0 Å². The number of oxazole rings is 1. The van der Waals surface area contributed by atoms with Crippen LogP contribution >= 0.6 is 0 Å². The fourth-order valence-electron chi connectivity index (χ4n) is 3.99. The second-order valence-corrected chi connectivity index (χ2v) is 7.38. The second kappa shape index (κ2) is 8.03. The van der Waals surface area contributed by atoms with E-state index < -0.39 is 0 Å². The molecule has 7 nitrogen and oxygen atoms in total. The van der Waals surface area contributed by atoms with Gasteiger partial charge in [0, 0.05) is 38.8 Å². The number of pyridine rings is 1. The van der Waals surface area contributed by atoms with Crippen molar-refractivity contribution in [1.82, 2.24) is 20.2 Å². The van der Waals surface area contributed by atoms with Gasteiger partial charge in [0.2, 0.25) is 11.6 Å². The molecule has 2 fully saturated rings. The number of hydrogen-bond acceptors (Lipinski definition) is 6. The summed E-state index contributed by atoms with van der Waals surface area (Å²) in [5, 5.41) is 3.08. The normalized spacial score (nSPS) is 21.4. The first-order valence-electron chi connectivity index (χ1n) is 9.73. The monoisotopic (exact) mass is 357 g/mol. The van der Waals surface area contributed by atoms with E-state index in [0.717, 1.165) is 39.0 Å². The summed E-state index contributed by atoms with van der Waals surface area (Å²) in [4.78, 5) is 25.6. The van der Waals surface area contributed by atoms with Gasteiger partial charge in [-0.05, 0) is 56.8 Å². The Morgan fingerprint density at radius 1 is 1.27 bits per heavy atom. The number of fused-ring (bicyclic) bond motifs is 1. The van der Waals surface area contributed by atoms with E-state index in [2.05, 4.69) is 25.1 Å². The lowest BCUT2D eigenvalue weighted by molar-refractivity contribution is -0.122. The lowest BCUT2D eigenvalue weighted by Crippen LogP contribution is -2.39. The van der Waals surface area contributed by atoms with Crippen molar-refractivity contribution in [2.45, 2.75) is 32.1 Å². The molecule has 140 valence electrons. The fourth-order valence-corrected chi connectivity index (χ4v) is 3.99. The highest BCUT2D eigenvalue weighted by molar-refractivity contribution is 5.76. The number of rotatable bonds is 6. The quantitative estimate of drug-likeness (QED) is 0.853. The first-order valence-corrected chi connectivity index (χ1v) is 9.73. The number of anilines is 1. The Hall–Kier alpha value is -2.15. The summed E-state index contributed by atoms with van der Waals surface area (Å²) in [6.45, 7) is 5.80. The topological polar surface area (TPSA) is 74.5 Å². The largest absolute Gasteiger partial charge is 0.422 e. The van der Waals surface area contributed by atoms with Crippen molar-refractivity contribution >= 4 is 23.2 Å². The molecule has 2 aliphatic rings. The summed E-state index contributed by atoms with van der Waals surface area (Å²) in [6, 6.07) is 4.36. The maximum Gasteiger partial charge on any atom is 0.299 e. The van der Waals surface area contributed by atoms with Gasteiger partial charge in [-0.2, -0.15) is 4.98 Å². The Morgan fingerprint density at radius 2 is 2.15 bits per heavy atom. The lowest BCUT2D eigenvalue weighted by atomic mass is 9.95. The Labute approximate surface area is 153 Å². The van der Waals surface area contributed by atoms with Crippen LogP contribution in [0.4, 0.5) is 6.01 Å². The van der Waals surface area contributed by atoms with Gasteiger partial charge in [0.1, 0.15) is 0 Å². The third-order valence-electron chi connectivity index (χ3n) is 5.37. The van der Waals surface area contributed by atoms with Gasteiger partial charge < -0.3 is 19.5 Å². The maximum atomic E-state index is 12.3. The van der Waals surface area contributed by atoms with E-state index in [1.54, 1.807) is 6.20 Å². The van der Waals surface area contributed by atoms with Gasteiger partial charge in [0.15, 0.2) is 5.58 Å². The third kappa shape index (κ3) is 4.15. The van der Waals surface area contributed by atoms with Gasteiger partial charge in [-0.25, -0.2) is 4.98 Å². The van der Waals surface area contributed by atoms with Crippen LogP contribution in [0.25, 0.3) is 11.2 Å². The molecule has 4 rings (SSSR count). The van der Waals surface area contributed by atoms with Gasteiger partial charge in [0.25, 0.3) is 6.01 Å². The van der Waals surface area contributed by atoms with E-state index in [1.807, 2.05) is 12.1 Å². The number of hydrogen-bond donors (Lipinski definition) is 1. The van der Waals surface area contributed by atoms with Crippen molar-refractivity contribution in [2.24, 2.45) is 5.92 Å². The molecule has 2 saturated heterocycles. The van der Waals surface area contributed by atoms with Crippen LogP contribution in [0.2, 0.25) is 0 Å². The molecule has 0 radical (unpaired) electrons. The third-order valence-corrected chi connectivity index (χ3v) is 5.37. The molecule has 2 aromatic heterocycles. The molecule has 1 unspecified atom stereocenters. The molecule has 2 aliphatic heterocycles. The van der Waals surface area contributed by atoms with Gasteiger partial charge in [-0.15, -0.1) is 0 Å². The Bertz CT molecular complexity index is 707. The molecule has 0 spiro atoms. The summed E-state index contributed by atoms with van der Waals surface area (Å²) < 4.78 is 5.83. The molecule has 0 aromatic carbocycles. The van der Waals surface area contributed by atoms with E-state index in [-0.39, 0.29) is 5.91 Å². The zero-order valence-electron chi connectivity index (χ0n) is 15.2. The molecule has 0 aliphatic carbocycles. The predicted molar refractivity (Wildman–Crippen MR) is 100 cm³/mol. The Morgan fingerprint density at radius 3 is 3.00 bits per heavy atom. The lowest BCUT2D eigenvalue weighted by Gasteiger charge is -2.31. The number of carbonyl (C=O) groups excluding carboxylic acids is 1. The minimum atomic E-state index is 0.162. The second-order valence-electron chi connectivity index (χ2n) is 7.38. The standard InChI is InChI=1S/C19H27N5O2/c25-17(20-8-12-23-9-1-2-10-23)13-15-5-4-11-24(14-15)19-22-18-16(26-19)6-3-7-21-18/h3,6-7,15H,1-2,4-5,8-14H2,(H,20,25). The first kappa shape index (κ1) is 17.3. The van der Waals surface area contributed by atoms with Crippen LogP contribution in [-0.2, 0) is 4.79 Å². The van der Waals surface area contributed by atoms with Gasteiger partial charge in [0.05, 0.1) is 0 Å². The molecule has 1 N–H and O–H groups in total. The zero-order valence-corrected chi connectivity index (χ0v) is 15.2. The summed E-state index contributed by atoms with van der Waals surface area (Å²) in [5.41, 5.74) is 1.36. The van der Waals surface area contributed by atoms with Crippen molar-refractivity contribution in [3.63, 3.8) is 0 Å². The van der Waals surface area contributed by atoms with E-state index >= 15 is 0 Å². The van der Waals surface area contributed by atoms with Crippen LogP contribution in [0.3, 0.4) is 0 Å². The number of piperidine rings is 1. The van der Waals surface area contributed by atoms with Crippen molar-refractivity contribution < 1.29 is 9.21 Å². The number of amides is 1. The minimum Gasteiger partial charge on any atom is -0.422 e. The molecular weight excluding hydrogens is 330 g/mol. The van der Waals surface area contributed by atoms with E-state index in [0.29, 0.717) is 29.6 Å². The van der Waals surface area contributed by atoms with Crippen LogP contribution in [0.1, 0.15) is 32.1 Å². The molecule has 1 atom stereocenters. The number of nitrogens with one attached hydrogen (secondary N) is 1. The molecule has 2 aromatic rings. The summed E-state index contributed by atoms with van der Waals surface area (Å²) in [5.74, 6) is 0.508. The van der Waals surface area contributed by atoms with E-state index in [1.165, 1.54) is 25.9 Å². The van der Waals surface area contributed by atoms with Crippen molar-refractivity contribution in [3.05, 3.63) is 18.3 Å². The number of carbonyl (C=O) groups is 1. The van der Waals surface area contributed by atoms with Gasteiger partial charge in [-0.1, -0.05) is 0 Å². The number of nitrogens with zero attached hydrogens (tertiary/aromatic N) is 4. The minimum absolute atomic E-state index is 0.162. The van der Waals surface area contributed by atoms with Crippen LogP contribution in [0, 0.1) is 5.92 Å². The smallest absolute Gasteiger partial charge is 0.299 e. The van der Waals surface area contributed by atoms with Gasteiger partial charge >= 0.3 is 0 Å². The molecule has 0 bridgehead atoms. The van der Waals surface area contributed by atoms with Crippen molar-refractivity contribution in [3.8, 4) is 0 Å². The Kier molecular flexibility index (Phi) is 5.34. The maximum absolute atomic E-state index is 12.3. The molecule has 7 heteroatoms. The average Bonchev–Trinajstić information content (AvgIpc) is 3.31. The van der Waals surface area contributed by atoms with Gasteiger partial charge in [-0.3, -0.25) is 4.79 Å². The van der Waals surface area contributed by atoms with Crippen molar-refractivity contribution in [2.75, 3.05) is 44.2 Å². The number of aromatic nitrogens is 2. The highest BCUT2D eigenvalue weighted by Crippen LogP contribution is 2.26. The molecule has 4 heterocycles. The van der Waals surface area contributed by atoms with E-state index in [9.17, 15) is 4.79 Å². The average molecular weight is 357 g/mol. The molecule has 0 saturated carbocycles. The molecule has 26 heavy (non-hydrogen) atoms. The zero-order chi connectivity index (χ0) is 17.8. The van der Waals surface area contributed by atoms with Crippen LogP contribution in [0.15, 0.2) is 22.7 Å². The SMILES string of the molecule is O=C(CC1CCCN(c2nc3ncccc3o2)C1)NCCN1CCCC1. The van der Waals surface area contributed by atoms with Crippen LogP contribution in [-0.4, -0.2) is 60.0 Å². The van der Waals surface area contributed by atoms with Crippen LogP contribution < -0.4 is 10.2 Å². The highest BCUT2D eigenvalue weighted by atomic mass is 16.4. The summed E-state index contributed by atoms with van der Waals surface area (Å²) in [6.07, 6.45) is 7.01. The molecule has 1 amide bonds. The molecular formula is C19H27N5O2. The van der Waals surface area contributed by atoms with Crippen LogP contribution in [0.5, 0.6) is 0 Å². The fraction of sp³-hybridized carbons (Fsp3) is 0.632. The highest BCUT2D eigenvalue weighted by Gasteiger charge is 2.25. The summed E-state index contributed by atoms with van der Waals surface area (Å²) in [7, 11) is 0. The number of likely N-dealkylation sites (tertiary alicyclic amines) is 1. The predicted octanol–water partition coefficient (Wildman–Crippen LogP) is 2.04.